The van der Waals surface area contributed by atoms with Gasteiger partial charge in [-0.1, -0.05) is 24.3 Å². The minimum absolute atomic E-state index is 0.0356. The second-order valence-electron chi connectivity index (χ2n) is 6.28. The molecule has 3 rings (SSSR count). The van der Waals surface area contributed by atoms with Gasteiger partial charge in [0, 0.05) is 18.8 Å². The monoisotopic (exact) mass is 383 g/mol. The van der Waals surface area contributed by atoms with E-state index in [1.165, 1.54) is 0 Å². The summed E-state index contributed by atoms with van der Waals surface area (Å²) in [5.74, 6) is -0.608. The summed E-state index contributed by atoms with van der Waals surface area (Å²) in [4.78, 5) is 26.7. The van der Waals surface area contributed by atoms with Crippen molar-refractivity contribution in [2.75, 3.05) is 55.0 Å². The number of hydrogen-bond donors (Lipinski definition) is 2. The van der Waals surface area contributed by atoms with E-state index in [9.17, 15) is 9.59 Å². The average molecular weight is 383 g/mol. The Hall–Kier alpha value is -3.06. The molecule has 1 fully saturated rings. The number of carbonyl (C=O) groups excluding carboxylic acids is 2. The maximum Gasteiger partial charge on any atom is 0.340 e. The molecule has 1 amide bonds. The Morgan fingerprint density at radius 1 is 1.04 bits per heavy atom. The highest BCUT2D eigenvalue weighted by molar-refractivity contribution is 5.99. The van der Waals surface area contributed by atoms with Crippen molar-refractivity contribution in [3.05, 3.63) is 54.1 Å². The maximum absolute atomic E-state index is 12.5. The van der Waals surface area contributed by atoms with Crippen LogP contribution in [0.5, 0.6) is 0 Å². The van der Waals surface area contributed by atoms with Crippen molar-refractivity contribution >= 4 is 28.9 Å². The summed E-state index contributed by atoms with van der Waals surface area (Å²) >= 11 is 0. The Balaban J connectivity index is 1.64. The van der Waals surface area contributed by atoms with E-state index in [1.807, 2.05) is 24.3 Å². The van der Waals surface area contributed by atoms with Crippen LogP contribution in [0, 0.1) is 0 Å². The van der Waals surface area contributed by atoms with E-state index < -0.39 is 5.97 Å². The zero-order valence-electron chi connectivity index (χ0n) is 15.9. The lowest BCUT2D eigenvalue weighted by atomic mass is 10.2. The van der Waals surface area contributed by atoms with Crippen LogP contribution in [-0.2, 0) is 14.3 Å². The Labute approximate surface area is 164 Å². The Bertz CT molecular complexity index is 819. The van der Waals surface area contributed by atoms with Crippen LogP contribution in [0.2, 0.25) is 0 Å². The van der Waals surface area contributed by atoms with Gasteiger partial charge in [-0.15, -0.1) is 0 Å². The highest BCUT2D eigenvalue weighted by Gasteiger charge is 2.16. The molecular formula is C21H25N3O4. The molecule has 1 heterocycles. The fourth-order valence-electron chi connectivity index (χ4n) is 3.05. The van der Waals surface area contributed by atoms with Gasteiger partial charge in [0.05, 0.1) is 43.3 Å². The third-order valence-corrected chi connectivity index (χ3v) is 4.39. The number of rotatable bonds is 7. The van der Waals surface area contributed by atoms with Gasteiger partial charge in [0.1, 0.15) is 0 Å². The SMILES string of the molecule is CCOC(=O)c1ccccc1NCC(=O)Nc1ccccc1N1CCOCC1. The van der Waals surface area contributed by atoms with Crippen molar-refractivity contribution in [3.63, 3.8) is 0 Å². The van der Waals surface area contributed by atoms with E-state index in [4.69, 9.17) is 9.47 Å². The zero-order chi connectivity index (χ0) is 19.8. The predicted octanol–water partition coefficient (Wildman–Crippen LogP) is 2.75. The number of amides is 1. The van der Waals surface area contributed by atoms with Gasteiger partial charge in [0.15, 0.2) is 0 Å². The van der Waals surface area contributed by atoms with Crippen LogP contribution in [-0.4, -0.2) is 51.3 Å². The van der Waals surface area contributed by atoms with Gasteiger partial charge < -0.3 is 25.0 Å². The first-order valence-corrected chi connectivity index (χ1v) is 9.40. The average Bonchev–Trinajstić information content (AvgIpc) is 2.74. The van der Waals surface area contributed by atoms with Gasteiger partial charge in [-0.05, 0) is 31.2 Å². The van der Waals surface area contributed by atoms with Crippen molar-refractivity contribution in [1.29, 1.82) is 0 Å². The number of carbonyl (C=O) groups is 2. The lowest BCUT2D eigenvalue weighted by Gasteiger charge is -2.30. The Kier molecular flexibility index (Phi) is 6.86. The van der Waals surface area contributed by atoms with E-state index in [0.717, 1.165) is 24.5 Å². The zero-order valence-corrected chi connectivity index (χ0v) is 15.9. The highest BCUT2D eigenvalue weighted by atomic mass is 16.5. The topological polar surface area (TPSA) is 79.9 Å². The van der Waals surface area contributed by atoms with Crippen LogP contribution in [0.25, 0.3) is 0 Å². The molecule has 0 aromatic heterocycles. The Morgan fingerprint density at radius 2 is 1.71 bits per heavy atom. The first-order valence-electron chi connectivity index (χ1n) is 9.40. The molecule has 2 aromatic carbocycles. The highest BCUT2D eigenvalue weighted by Crippen LogP contribution is 2.26. The minimum Gasteiger partial charge on any atom is -0.462 e. The molecule has 0 radical (unpaired) electrons. The smallest absolute Gasteiger partial charge is 0.340 e. The summed E-state index contributed by atoms with van der Waals surface area (Å²) in [6.07, 6.45) is 0. The summed E-state index contributed by atoms with van der Waals surface area (Å²) in [5, 5.41) is 5.98. The molecule has 0 spiro atoms. The summed E-state index contributed by atoms with van der Waals surface area (Å²) in [7, 11) is 0. The first kappa shape index (κ1) is 19.7. The number of para-hydroxylation sites is 3. The number of esters is 1. The van der Waals surface area contributed by atoms with Gasteiger partial charge in [0.25, 0.3) is 0 Å². The molecule has 0 unspecified atom stereocenters. The largest absolute Gasteiger partial charge is 0.462 e. The van der Waals surface area contributed by atoms with Crippen molar-refractivity contribution in [2.45, 2.75) is 6.92 Å². The van der Waals surface area contributed by atoms with E-state index >= 15 is 0 Å². The van der Waals surface area contributed by atoms with Gasteiger partial charge in [-0.3, -0.25) is 4.79 Å². The van der Waals surface area contributed by atoms with Gasteiger partial charge in [-0.2, -0.15) is 0 Å². The first-order chi connectivity index (χ1) is 13.7. The molecular weight excluding hydrogens is 358 g/mol. The van der Waals surface area contributed by atoms with Crippen LogP contribution < -0.4 is 15.5 Å². The summed E-state index contributed by atoms with van der Waals surface area (Å²) in [6, 6.07) is 14.7. The number of benzene rings is 2. The number of nitrogens with zero attached hydrogens (tertiary/aromatic N) is 1. The molecule has 0 aliphatic carbocycles. The Morgan fingerprint density at radius 3 is 2.46 bits per heavy atom. The summed E-state index contributed by atoms with van der Waals surface area (Å²) < 4.78 is 10.5. The molecule has 0 saturated carbocycles. The van der Waals surface area contributed by atoms with Crippen molar-refractivity contribution < 1.29 is 19.1 Å². The number of morpholine rings is 1. The molecule has 0 bridgehead atoms. The number of hydrogen-bond acceptors (Lipinski definition) is 6. The summed E-state index contributed by atoms with van der Waals surface area (Å²) in [6.45, 7) is 5.02. The third-order valence-electron chi connectivity index (χ3n) is 4.39. The summed E-state index contributed by atoms with van der Waals surface area (Å²) in [5.41, 5.74) is 2.71. The fraction of sp³-hybridized carbons (Fsp3) is 0.333. The molecule has 7 nitrogen and oxygen atoms in total. The molecule has 1 saturated heterocycles. The van der Waals surface area contributed by atoms with Crippen molar-refractivity contribution in [2.24, 2.45) is 0 Å². The second-order valence-corrected chi connectivity index (χ2v) is 6.28. The van der Waals surface area contributed by atoms with Crippen molar-refractivity contribution in [1.82, 2.24) is 0 Å². The molecule has 0 atom stereocenters. The van der Waals surface area contributed by atoms with Gasteiger partial charge in [0.2, 0.25) is 5.91 Å². The van der Waals surface area contributed by atoms with E-state index in [0.29, 0.717) is 31.1 Å². The van der Waals surface area contributed by atoms with Gasteiger partial charge >= 0.3 is 5.97 Å². The van der Waals surface area contributed by atoms with Crippen LogP contribution in [0.4, 0.5) is 17.1 Å². The quantitative estimate of drug-likeness (QED) is 0.716. The standard InChI is InChI=1S/C21H25N3O4/c1-2-28-21(26)16-7-3-4-8-17(16)22-15-20(25)23-18-9-5-6-10-19(18)24-11-13-27-14-12-24/h3-10,22H,2,11-15H2,1H3,(H,23,25). The molecule has 2 aromatic rings. The maximum atomic E-state index is 12.5. The minimum atomic E-state index is -0.413. The number of ether oxygens (including phenoxy) is 2. The van der Waals surface area contributed by atoms with Crippen LogP contribution >= 0.6 is 0 Å². The predicted molar refractivity (Wildman–Crippen MR) is 109 cm³/mol. The van der Waals surface area contributed by atoms with Crippen LogP contribution in [0.3, 0.4) is 0 Å². The molecule has 28 heavy (non-hydrogen) atoms. The molecule has 2 N–H and O–H groups in total. The second kappa shape index (κ2) is 9.75. The van der Waals surface area contributed by atoms with E-state index in [2.05, 4.69) is 15.5 Å². The molecule has 7 heteroatoms. The van der Waals surface area contributed by atoms with Gasteiger partial charge in [-0.25, -0.2) is 4.79 Å². The normalized spacial score (nSPS) is 13.7. The van der Waals surface area contributed by atoms with E-state index in [1.54, 1.807) is 31.2 Å². The fourth-order valence-corrected chi connectivity index (χ4v) is 3.05. The lowest BCUT2D eigenvalue weighted by molar-refractivity contribution is -0.114. The number of nitrogens with one attached hydrogen (secondary N) is 2. The number of anilines is 3. The third kappa shape index (κ3) is 5.01. The molecule has 1 aliphatic heterocycles. The van der Waals surface area contributed by atoms with Crippen LogP contribution in [0.15, 0.2) is 48.5 Å². The lowest BCUT2D eigenvalue weighted by Crippen LogP contribution is -2.37. The molecule has 1 aliphatic rings. The van der Waals surface area contributed by atoms with Crippen molar-refractivity contribution in [3.8, 4) is 0 Å². The molecule has 148 valence electrons. The van der Waals surface area contributed by atoms with Crippen LogP contribution in [0.1, 0.15) is 17.3 Å². The van der Waals surface area contributed by atoms with E-state index in [-0.39, 0.29) is 12.5 Å².